The maximum absolute atomic E-state index is 13.0. The number of benzene rings is 1. The Labute approximate surface area is 178 Å². The van der Waals surface area contributed by atoms with Gasteiger partial charge in [0, 0.05) is 17.8 Å². The van der Waals surface area contributed by atoms with Crippen LogP contribution < -0.4 is 0 Å². The van der Waals surface area contributed by atoms with Gasteiger partial charge in [0.2, 0.25) is 0 Å². The molecule has 2 aromatic heterocycles. The van der Waals surface area contributed by atoms with Crippen molar-refractivity contribution in [3.05, 3.63) is 41.7 Å². The highest BCUT2D eigenvalue weighted by molar-refractivity contribution is 6.20. The second-order valence-electron chi connectivity index (χ2n) is 6.92. The van der Waals surface area contributed by atoms with Gasteiger partial charge in [-0.15, -0.1) is 0 Å². The highest BCUT2D eigenvalue weighted by Crippen LogP contribution is 2.32. The molecule has 0 saturated carbocycles. The Bertz CT molecular complexity index is 1180. The third-order valence-corrected chi connectivity index (χ3v) is 4.98. The molecule has 3 aromatic rings. The van der Waals surface area contributed by atoms with Crippen molar-refractivity contribution in [1.29, 1.82) is 0 Å². The average molecular weight is 425 g/mol. The standard InChI is InChI=1S/C22H23N3O6/c1-5-13(3)31-21(28)24(4)20(27)19-15(12-26)18-14-9-7-8-10-16(14)25(17(18)11-23-19)22(29)30-6-2/h7-13H,5-6H2,1-4H3. The molecule has 1 unspecified atom stereocenters. The van der Waals surface area contributed by atoms with Crippen LogP contribution in [0.15, 0.2) is 30.5 Å². The number of para-hydroxylation sites is 1. The van der Waals surface area contributed by atoms with Crippen molar-refractivity contribution in [2.45, 2.75) is 33.3 Å². The quantitative estimate of drug-likeness (QED) is 0.568. The molecule has 2 heterocycles. The number of hydrogen-bond acceptors (Lipinski definition) is 7. The van der Waals surface area contributed by atoms with Crippen molar-refractivity contribution >= 4 is 46.2 Å². The Kier molecular flexibility index (Phi) is 6.33. The van der Waals surface area contributed by atoms with Crippen molar-refractivity contribution in [2.24, 2.45) is 0 Å². The van der Waals surface area contributed by atoms with E-state index in [4.69, 9.17) is 9.47 Å². The Morgan fingerprint density at radius 2 is 1.90 bits per heavy atom. The minimum Gasteiger partial charge on any atom is -0.449 e. The van der Waals surface area contributed by atoms with Crippen molar-refractivity contribution in [1.82, 2.24) is 14.5 Å². The molecule has 1 aromatic carbocycles. The summed E-state index contributed by atoms with van der Waals surface area (Å²) < 4.78 is 11.6. The van der Waals surface area contributed by atoms with E-state index in [1.807, 2.05) is 6.92 Å². The number of aldehydes is 1. The minimum atomic E-state index is -0.841. The van der Waals surface area contributed by atoms with Crippen LogP contribution in [-0.2, 0) is 9.47 Å². The predicted molar refractivity (Wildman–Crippen MR) is 113 cm³/mol. The van der Waals surface area contributed by atoms with Crippen LogP contribution in [0.1, 0.15) is 48.0 Å². The fourth-order valence-electron chi connectivity index (χ4n) is 3.22. The molecular weight excluding hydrogens is 402 g/mol. The van der Waals surface area contributed by atoms with Gasteiger partial charge in [-0.2, -0.15) is 0 Å². The van der Waals surface area contributed by atoms with Gasteiger partial charge in [-0.05, 0) is 26.3 Å². The zero-order chi connectivity index (χ0) is 22.7. The molecule has 3 rings (SSSR count). The third kappa shape index (κ3) is 3.86. The summed E-state index contributed by atoms with van der Waals surface area (Å²) in [6.45, 7) is 5.41. The summed E-state index contributed by atoms with van der Waals surface area (Å²) >= 11 is 0. The van der Waals surface area contributed by atoms with Crippen molar-refractivity contribution in [3.8, 4) is 0 Å². The Hall–Kier alpha value is -3.75. The number of aromatic nitrogens is 2. The topological polar surface area (TPSA) is 108 Å². The van der Waals surface area contributed by atoms with Crippen LogP contribution in [0.4, 0.5) is 9.59 Å². The van der Waals surface area contributed by atoms with Crippen LogP contribution in [0.3, 0.4) is 0 Å². The van der Waals surface area contributed by atoms with E-state index in [0.29, 0.717) is 34.5 Å². The van der Waals surface area contributed by atoms with Gasteiger partial charge in [-0.25, -0.2) is 24.0 Å². The first-order valence-corrected chi connectivity index (χ1v) is 9.88. The number of carbonyl (C=O) groups excluding carboxylic acids is 4. The molecule has 162 valence electrons. The Morgan fingerprint density at radius 1 is 1.19 bits per heavy atom. The number of pyridine rings is 1. The lowest BCUT2D eigenvalue weighted by Crippen LogP contribution is -2.36. The lowest BCUT2D eigenvalue weighted by molar-refractivity contribution is 0.0582. The maximum atomic E-state index is 13.0. The molecule has 31 heavy (non-hydrogen) atoms. The number of amides is 2. The fraction of sp³-hybridized carbons (Fsp3) is 0.318. The SMILES string of the molecule is CCOC(=O)n1c2ccccc2c2c(C=O)c(C(=O)N(C)C(=O)OC(C)CC)ncc21. The highest BCUT2D eigenvalue weighted by atomic mass is 16.6. The van der Waals surface area contributed by atoms with E-state index in [2.05, 4.69) is 4.98 Å². The van der Waals surface area contributed by atoms with Gasteiger partial charge in [-0.1, -0.05) is 25.1 Å². The number of nitrogens with zero attached hydrogens (tertiary/aromatic N) is 3. The van der Waals surface area contributed by atoms with Gasteiger partial charge >= 0.3 is 12.2 Å². The van der Waals surface area contributed by atoms with E-state index in [1.165, 1.54) is 17.8 Å². The molecule has 0 bridgehead atoms. The van der Waals surface area contributed by atoms with Crippen LogP contribution in [0.2, 0.25) is 0 Å². The first kappa shape index (κ1) is 21.9. The molecule has 1 atom stereocenters. The second-order valence-corrected chi connectivity index (χ2v) is 6.92. The van der Waals surface area contributed by atoms with Crippen LogP contribution in [0, 0.1) is 0 Å². The summed E-state index contributed by atoms with van der Waals surface area (Å²) in [4.78, 5) is 54.8. The van der Waals surface area contributed by atoms with Crippen LogP contribution in [0.25, 0.3) is 21.8 Å². The molecule has 0 fully saturated rings. The summed E-state index contributed by atoms with van der Waals surface area (Å²) in [7, 11) is 1.26. The van der Waals surface area contributed by atoms with Crippen LogP contribution >= 0.6 is 0 Å². The number of fused-ring (bicyclic) bond motifs is 3. The number of imide groups is 1. The summed E-state index contributed by atoms with van der Waals surface area (Å²) in [5, 5.41) is 0.953. The normalized spacial score (nSPS) is 11.9. The number of rotatable bonds is 5. The van der Waals surface area contributed by atoms with E-state index in [0.717, 1.165) is 4.90 Å². The molecule has 0 aliphatic carbocycles. The van der Waals surface area contributed by atoms with Gasteiger partial charge in [0.25, 0.3) is 5.91 Å². The zero-order valence-electron chi connectivity index (χ0n) is 17.7. The van der Waals surface area contributed by atoms with Gasteiger partial charge in [-0.3, -0.25) is 9.59 Å². The van der Waals surface area contributed by atoms with Crippen LogP contribution in [0.5, 0.6) is 0 Å². The monoisotopic (exact) mass is 425 g/mol. The minimum absolute atomic E-state index is 0.0232. The lowest BCUT2D eigenvalue weighted by atomic mass is 10.1. The zero-order valence-corrected chi connectivity index (χ0v) is 17.7. The van der Waals surface area contributed by atoms with E-state index in [9.17, 15) is 19.2 Å². The molecule has 2 amide bonds. The molecule has 0 spiro atoms. The molecule has 9 nitrogen and oxygen atoms in total. The molecule has 0 aliphatic rings. The Morgan fingerprint density at radius 3 is 2.55 bits per heavy atom. The first-order chi connectivity index (χ1) is 14.8. The molecule has 0 aliphatic heterocycles. The summed E-state index contributed by atoms with van der Waals surface area (Å²) in [5.74, 6) is -0.787. The Balaban J connectivity index is 2.19. The van der Waals surface area contributed by atoms with Crippen molar-refractivity contribution in [2.75, 3.05) is 13.7 Å². The summed E-state index contributed by atoms with van der Waals surface area (Å²) in [6.07, 6.45) is 0.572. The molecule has 9 heteroatoms. The summed E-state index contributed by atoms with van der Waals surface area (Å²) in [6, 6.07) is 6.94. The molecule has 0 saturated heterocycles. The van der Waals surface area contributed by atoms with E-state index < -0.39 is 18.1 Å². The van der Waals surface area contributed by atoms with Crippen molar-refractivity contribution < 1.29 is 28.7 Å². The highest BCUT2D eigenvalue weighted by Gasteiger charge is 2.28. The van der Waals surface area contributed by atoms with Crippen LogP contribution in [-0.4, -0.2) is 58.6 Å². The van der Waals surface area contributed by atoms with Gasteiger partial charge in [0.1, 0.15) is 11.8 Å². The molecular formula is C22H23N3O6. The maximum Gasteiger partial charge on any atom is 0.419 e. The van der Waals surface area contributed by atoms with Gasteiger partial charge in [0.15, 0.2) is 6.29 Å². The van der Waals surface area contributed by atoms with E-state index in [-0.39, 0.29) is 24.0 Å². The molecule has 0 radical (unpaired) electrons. The predicted octanol–water partition coefficient (Wildman–Crippen LogP) is 4.01. The summed E-state index contributed by atoms with van der Waals surface area (Å²) in [5.41, 5.74) is 0.598. The fourth-order valence-corrected chi connectivity index (χ4v) is 3.22. The van der Waals surface area contributed by atoms with E-state index >= 15 is 0 Å². The average Bonchev–Trinajstić information content (AvgIpc) is 3.11. The first-order valence-electron chi connectivity index (χ1n) is 9.88. The van der Waals surface area contributed by atoms with E-state index in [1.54, 1.807) is 38.1 Å². The number of ether oxygens (including phenoxy) is 2. The third-order valence-electron chi connectivity index (χ3n) is 4.98. The van der Waals surface area contributed by atoms with Gasteiger partial charge in [0.05, 0.1) is 29.4 Å². The smallest absolute Gasteiger partial charge is 0.419 e. The number of hydrogen-bond donors (Lipinski definition) is 0. The van der Waals surface area contributed by atoms with Gasteiger partial charge < -0.3 is 9.47 Å². The lowest BCUT2D eigenvalue weighted by Gasteiger charge is -2.18. The number of carbonyl (C=O) groups is 4. The largest absolute Gasteiger partial charge is 0.449 e. The van der Waals surface area contributed by atoms with Crippen molar-refractivity contribution in [3.63, 3.8) is 0 Å². The molecule has 0 N–H and O–H groups in total. The second kappa shape index (κ2) is 8.95.